The van der Waals surface area contributed by atoms with Gasteiger partial charge in [0, 0.05) is 28.5 Å². The molecule has 0 spiro atoms. The number of thioether (sulfide) groups is 2. The molecule has 1 aliphatic rings. The molecule has 5 heteroatoms. The first-order valence-electron chi connectivity index (χ1n) is 6.35. The van der Waals surface area contributed by atoms with Gasteiger partial charge in [0.25, 0.3) is 0 Å². The summed E-state index contributed by atoms with van der Waals surface area (Å²) >= 11 is 3.71. The zero-order chi connectivity index (χ0) is 13.3. The smallest absolute Gasteiger partial charge is 0.194 e. The van der Waals surface area contributed by atoms with Crippen LogP contribution >= 0.6 is 23.5 Å². The summed E-state index contributed by atoms with van der Waals surface area (Å²) in [6.07, 6.45) is 1.72. The molecule has 3 nitrogen and oxygen atoms in total. The molecule has 0 radical (unpaired) electrons. The molecule has 1 saturated heterocycles. The highest BCUT2D eigenvalue weighted by Crippen LogP contribution is 2.37. The van der Waals surface area contributed by atoms with Crippen molar-refractivity contribution in [2.24, 2.45) is 0 Å². The lowest BCUT2D eigenvalue weighted by Gasteiger charge is -2.30. The summed E-state index contributed by atoms with van der Waals surface area (Å²) in [6, 6.07) is 2.08. The Bertz CT molecular complexity index is 430. The molecule has 0 saturated carbocycles. The van der Waals surface area contributed by atoms with Crippen LogP contribution in [0.25, 0.3) is 0 Å². The van der Waals surface area contributed by atoms with Gasteiger partial charge < -0.3 is 0 Å². The van der Waals surface area contributed by atoms with E-state index in [0.29, 0.717) is 10.5 Å². The fourth-order valence-corrected chi connectivity index (χ4v) is 4.87. The first kappa shape index (κ1) is 14.0. The van der Waals surface area contributed by atoms with E-state index in [-0.39, 0.29) is 17.1 Å². The molecule has 3 atom stereocenters. The third-order valence-corrected chi connectivity index (χ3v) is 6.64. The Balaban J connectivity index is 2.14. The van der Waals surface area contributed by atoms with Gasteiger partial charge >= 0.3 is 0 Å². The minimum Gasteiger partial charge on any atom is -0.291 e. The van der Waals surface area contributed by atoms with E-state index in [1.54, 1.807) is 6.20 Å². The maximum atomic E-state index is 12.5. The summed E-state index contributed by atoms with van der Waals surface area (Å²) in [5.41, 5.74) is 0.754. The van der Waals surface area contributed by atoms with Crippen LogP contribution in [-0.4, -0.2) is 37.1 Å². The molecule has 18 heavy (non-hydrogen) atoms. The number of carbonyl (C=O) groups excluding carboxylic acids is 1. The third-order valence-electron chi connectivity index (χ3n) is 3.25. The number of ketones is 1. The highest BCUT2D eigenvalue weighted by Gasteiger charge is 2.32. The molecule has 2 heterocycles. The van der Waals surface area contributed by atoms with Gasteiger partial charge in [0.1, 0.15) is 5.69 Å². The molecule has 0 aliphatic carbocycles. The zero-order valence-electron chi connectivity index (χ0n) is 11.3. The van der Waals surface area contributed by atoms with Crippen LogP contribution in [0.3, 0.4) is 0 Å². The Morgan fingerprint density at radius 2 is 2.17 bits per heavy atom. The van der Waals surface area contributed by atoms with E-state index in [4.69, 9.17) is 0 Å². The van der Waals surface area contributed by atoms with Crippen LogP contribution in [-0.2, 0) is 0 Å². The van der Waals surface area contributed by atoms with Crippen LogP contribution < -0.4 is 0 Å². The van der Waals surface area contributed by atoms with Crippen LogP contribution in [0.4, 0.5) is 0 Å². The number of hydrogen-bond donors (Lipinski definition) is 0. The van der Waals surface area contributed by atoms with E-state index >= 15 is 0 Å². The van der Waals surface area contributed by atoms with E-state index in [1.165, 1.54) is 0 Å². The van der Waals surface area contributed by atoms with Crippen molar-refractivity contribution in [2.45, 2.75) is 49.5 Å². The number of Topliss-reactive ketones (excluding diaryl/α,β-unsaturated/α-hetero) is 1. The van der Waals surface area contributed by atoms with Crippen molar-refractivity contribution in [3.63, 3.8) is 0 Å². The molecular weight excluding hydrogens is 264 g/mol. The topological polar surface area (TPSA) is 34.9 Å². The summed E-state index contributed by atoms with van der Waals surface area (Å²) < 4.78 is 1.83. The Morgan fingerprint density at radius 3 is 2.78 bits per heavy atom. The minimum absolute atomic E-state index is 0.0791. The monoisotopic (exact) mass is 284 g/mol. The Labute approximate surface area is 117 Å². The lowest BCUT2D eigenvalue weighted by atomic mass is 10.2. The van der Waals surface area contributed by atoms with Crippen molar-refractivity contribution in [2.75, 3.05) is 5.75 Å². The molecule has 2 rings (SSSR count). The van der Waals surface area contributed by atoms with E-state index in [2.05, 4.69) is 32.8 Å². The Morgan fingerprint density at radius 1 is 1.44 bits per heavy atom. The predicted octanol–water partition coefficient (Wildman–Crippen LogP) is 3.27. The molecule has 0 bridgehead atoms. The second-order valence-corrected chi connectivity index (χ2v) is 7.98. The van der Waals surface area contributed by atoms with Crippen molar-refractivity contribution in [3.05, 3.63) is 18.0 Å². The fraction of sp³-hybridized carbons (Fsp3) is 0.692. The highest BCUT2D eigenvalue weighted by molar-refractivity contribution is 8.08. The summed E-state index contributed by atoms with van der Waals surface area (Å²) in [4.78, 5) is 12.5. The zero-order valence-corrected chi connectivity index (χ0v) is 12.9. The van der Waals surface area contributed by atoms with Crippen molar-refractivity contribution >= 4 is 29.3 Å². The molecule has 1 aromatic rings. The average molecular weight is 284 g/mol. The molecule has 3 unspecified atom stereocenters. The van der Waals surface area contributed by atoms with Crippen molar-refractivity contribution in [3.8, 4) is 0 Å². The Kier molecular flexibility index (Phi) is 4.43. The highest BCUT2D eigenvalue weighted by atomic mass is 32.2. The lowest BCUT2D eigenvalue weighted by molar-refractivity contribution is 0.0982. The largest absolute Gasteiger partial charge is 0.291 e. The number of aromatic nitrogens is 2. The normalized spacial score (nSPS) is 28.6. The van der Waals surface area contributed by atoms with Gasteiger partial charge in [-0.15, -0.1) is 11.8 Å². The van der Waals surface area contributed by atoms with Crippen LogP contribution in [0.1, 0.15) is 44.2 Å². The van der Waals surface area contributed by atoms with Gasteiger partial charge in [0.05, 0.1) is 5.25 Å². The van der Waals surface area contributed by atoms with Gasteiger partial charge in [-0.2, -0.15) is 16.9 Å². The van der Waals surface area contributed by atoms with E-state index in [9.17, 15) is 4.79 Å². The first-order chi connectivity index (χ1) is 8.50. The fourth-order valence-electron chi connectivity index (χ4n) is 2.01. The lowest BCUT2D eigenvalue weighted by Crippen LogP contribution is -2.33. The molecule has 0 amide bonds. The summed E-state index contributed by atoms with van der Waals surface area (Å²) in [5.74, 6) is 1.15. The summed E-state index contributed by atoms with van der Waals surface area (Å²) in [7, 11) is 0. The molecule has 0 N–H and O–H groups in total. The standard InChI is InChI=1S/C13H20N2OS2/c1-8(2)15-11(5-6-14-15)13(16)12-7-17-9(3)10(4)18-12/h5-6,8-10,12H,7H2,1-4H3. The molecule has 1 fully saturated rings. The predicted molar refractivity (Wildman–Crippen MR) is 79.7 cm³/mol. The number of nitrogens with zero attached hydrogens (tertiary/aromatic N) is 2. The van der Waals surface area contributed by atoms with Crippen LogP contribution in [0.2, 0.25) is 0 Å². The van der Waals surface area contributed by atoms with Crippen LogP contribution in [0, 0.1) is 0 Å². The van der Waals surface area contributed by atoms with Gasteiger partial charge in [-0.05, 0) is 19.9 Å². The summed E-state index contributed by atoms with van der Waals surface area (Å²) in [6.45, 7) is 8.55. The molecule has 100 valence electrons. The molecule has 1 aromatic heterocycles. The second-order valence-electron chi connectivity index (χ2n) is 4.99. The second kappa shape index (κ2) is 5.70. The van der Waals surface area contributed by atoms with E-state index in [1.807, 2.05) is 34.3 Å². The molecular formula is C13H20N2OS2. The van der Waals surface area contributed by atoms with Crippen molar-refractivity contribution in [1.82, 2.24) is 9.78 Å². The van der Waals surface area contributed by atoms with E-state index < -0.39 is 0 Å². The molecule has 0 aromatic carbocycles. The maximum absolute atomic E-state index is 12.5. The van der Waals surface area contributed by atoms with Gasteiger partial charge in [-0.1, -0.05) is 13.8 Å². The Hall–Kier alpha value is -0.420. The minimum atomic E-state index is 0.0791. The van der Waals surface area contributed by atoms with E-state index in [0.717, 1.165) is 11.4 Å². The number of carbonyl (C=O) groups is 1. The average Bonchev–Trinajstić information content (AvgIpc) is 2.81. The number of rotatable bonds is 3. The summed E-state index contributed by atoms with van der Waals surface area (Å²) in [5, 5.41) is 5.49. The maximum Gasteiger partial charge on any atom is 0.194 e. The van der Waals surface area contributed by atoms with Crippen LogP contribution in [0.5, 0.6) is 0 Å². The van der Waals surface area contributed by atoms with Gasteiger partial charge in [0.2, 0.25) is 0 Å². The first-order valence-corrected chi connectivity index (χ1v) is 8.34. The number of hydrogen-bond acceptors (Lipinski definition) is 4. The quantitative estimate of drug-likeness (QED) is 0.798. The van der Waals surface area contributed by atoms with Gasteiger partial charge in [-0.3, -0.25) is 9.48 Å². The van der Waals surface area contributed by atoms with Crippen molar-refractivity contribution < 1.29 is 4.79 Å². The van der Waals surface area contributed by atoms with Gasteiger partial charge in [-0.25, -0.2) is 0 Å². The van der Waals surface area contributed by atoms with Crippen molar-refractivity contribution in [1.29, 1.82) is 0 Å². The van der Waals surface area contributed by atoms with Gasteiger partial charge in [0.15, 0.2) is 5.78 Å². The SMILES string of the molecule is CC1SCC(C(=O)c2ccnn2C(C)C)SC1C. The van der Waals surface area contributed by atoms with Crippen LogP contribution in [0.15, 0.2) is 12.3 Å². The molecule has 1 aliphatic heterocycles. The third kappa shape index (κ3) is 2.77.